The Kier molecular flexibility index (Phi) is 3.47. The Morgan fingerprint density at radius 1 is 0.842 bits per heavy atom. The lowest BCUT2D eigenvalue weighted by atomic mass is 10.1. The number of pyridine rings is 2. The zero-order chi connectivity index (χ0) is 12.9. The number of aromatic nitrogens is 2. The van der Waals surface area contributed by atoms with Crippen LogP contribution < -0.4 is 5.32 Å². The van der Waals surface area contributed by atoms with Gasteiger partial charge >= 0.3 is 0 Å². The maximum atomic E-state index is 4.37. The molecule has 3 aromatic rings. The van der Waals surface area contributed by atoms with Crippen LogP contribution in [0.1, 0.15) is 11.1 Å². The van der Waals surface area contributed by atoms with Gasteiger partial charge in [0.05, 0.1) is 5.52 Å². The molecule has 0 saturated carbocycles. The predicted molar refractivity (Wildman–Crippen MR) is 76.5 cm³/mol. The van der Waals surface area contributed by atoms with E-state index < -0.39 is 0 Å². The van der Waals surface area contributed by atoms with Crippen LogP contribution in [0.4, 0.5) is 0 Å². The fraction of sp³-hybridized carbons (Fsp3) is 0.125. The van der Waals surface area contributed by atoms with Crippen molar-refractivity contribution < 1.29 is 0 Å². The number of hydrogen-bond acceptors (Lipinski definition) is 3. The molecule has 0 aliphatic rings. The highest BCUT2D eigenvalue weighted by atomic mass is 14.8. The van der Waals surface area contributed by atoms with E-state index in [1.807, 2.05) is 42.9 Å². The topological polar surface area (TPSA) is 37.8 Å². The summed E-state index contributed by atoms with van der Waals surface area (Å²) < 4.78 is 0. The van der Waals surface area contributed by atoms with Crippen LogP contribution in [-0.2, 0) is 13.1 Å². The number of nitrogens with one attached hydrogen (secondary N) is 1. The third-order valence-corrected chi connectivity index (χ3v) is 3.13. The van der Waals surface area contributed by atoms with Gasteiger partial charge in [0.25, 0.3) is 0 Å². The molecule has 2 aromatic heterocycles. The highest BCUT2D eigenvalue weighted by Crippen LogP contribution is 2.15. The van der Waals surface area contributed by atoms with Gasteiger partial charge < -0.3 is 5.32 Å². The summed E-state index contributed by atoms with van der Waals surface area (Å²) in [5.41, 5.74) is 3.57. The summed E-state index contributed by atoms with van der Waals surface area (Å²) >= 11 is 0. The van der Waals surface area contributed by atoms with Gasteiger partial charge in [-0.2, -0.15) is 0 Å². The first-order chi connectivity index (χ1) is 9.43. The smallest absolute Gasteiger partial charge is 0.0705 e. The molecule has 3 heteroatoms. The van der Waals surface area contributed by atoms with Crippen molar-refractivity contribution in [3.8, 4) is 0 Å². The largest absolute Gasteiger partial charge is 0.309 e. The van der Waals surface area contributed by atoms with Crippen LogP contribution >= 0.6 is 0 Å². The van der Waals surface area contributed by atoms with Crippen LogP contribution in [0.25, 0.3) is 10.9 Å². The van der Waals surface area contributed by atoms with E-state index in [-0.39, 0.29) is 0 Å². The van der Waals surface area contributed by atoms with Gasteiger partial charge in [-0.15, -0.1) is 0 Å². The number of fused-ring (bicyclic) bond motifs is 1. The number of para-hydroxylation sites is 1. The molecule has 0 atom stereocenters. The van der Waals surface area contributed by atoms with Crippen molar-refractivity contribution in [2.75, 3.05) is 0 Å². The van der Waals surface area contributed by atoms with E-state index in [0.29, 0.717) is 0 Å². The standard InChI is InChI=1S/C16H15N3/c1-2-4-16-15(3-1)14(7-10-19-16)12-18-11-13-5-8-17-9-6-13/h1-10,18H,11-12H2. The van der Waals surface area contributed by atoms with E-state index in [0.717, 1.165) is 18.6 Å². The van der Waals surface area contributed by atoms with Crippen molar-refractivity contribution in [3.63, 3.8) is 0 Å². The molecule has 1 aromatic carbocycles. The van der Waals surface area contributed by atoms with Crippen LogP contribution in [-0.4, -0.2) is 9.97 Å². The Morgan fingerprint density at radius 3 is 2.58 bits per heavy atom. The average molecular weight is 249 g/mol. The number of rotatable bonds is 4. The Bertz CT molecular complexity index is 660. The molecular formula is C16H15N3. The van der Waals surface area contributed by atoms with E-state index in [1.54, 1.807) is 0 Å². The van der Waals surface area contributed by atoms with Gasteiger partial charge in [-0.25, -0.2) is 0 Å². The quantitative estimate of drug-likeness (QED) is 0.772. The van der Waals surface area contributed by atoms with Crippen LogP contribution in [0.2, 0.25) is 0 Å². The number of benzene rings is 1. The van der Waals surface area contributed by atoms with Crippen molar-refractivity contribution in [3.05, 3.63) is 72.2 Å². The molecule has 19 heavy (non-hydrogen) atoms. The molecule has 1 N–H and O–H groups in total. The van der Waals surface area contributed by atoms with E-state index in [1.165, 1.54) is 16.5 Å². The molecule has 2 heterocycles. The van der Waals surface area contributed by atoms with Gasteiger partial charge in [0.1, 0.15) is 0 Å². The molecule has 0 saturated heterocycles. The molecule has 0 fully saturated rings. The third kappa shape index (κ3) is 2.77. The van der Waals surface area contributed by atoms with E-state index in [4.69, 9.17) is 0 Å². The van der Waals surface area contributed by atoms with Crippen LogP contribution in [0.5, 0.6) is 0 Å². The van der Waals surface area contributed by atoms with Crippen LogP contribution in [0.15, 0.2) is 61.1 Å². The molecule has 0 radical (unpaired) electrons. The van der Waals surface area contributed by atoms with Crippen LogP contribution in [0.3, 0.4) is 0 Å². The lowest BCUT2D eigenvalue weighted by Gasteiger charge is -2.07. The molecule has 0 unspecified atom stereocenters. The first-order valence-corrected chi connectivity index (χ1v) is 6.36. The first-order valence-electron chi connectivity index (χ1n) is 6.36. The SMILES string of the molecule is c1ccc2c(CNCc3ccncc3)ccnc2c1. The zero-order valence-electron chi connectivity index (χ0n) is 10.6. The summed E-state index contributed by atoms with van der Waals surface area (Å²) in [5, 5.41) is 4.67. The Morgan fingerprint density at radius 2 is 1.68 bits per heavy atom. The van der Waals surface area contributed by atoms with E-state index in [9.17, 15) is 0 Å². The lowest BCUT2D eigenvalue weighted by Crippen LogP contribution is -2.13. The predicted octanol–water partition coefficient (Wildman–Crippen LogP) is 2.92. The molecule has 0 spiro atoms. The number of nitrogens with zero attached hydrogens (tertiary/aromatic N) is 2. The second-order valence-electron chi connectivity index (χ2n) is 4.45. The van der Waals surface area contributed by atoms with E-state index >= 15 is 0 Å². The molecule has 0 aliphatic heterocycles. The number of hydrogen-bond donors (Lipinski definition) is 1. The van der Waals surface area contributed by atoms with Gasteiger partial charge in [0, 0.05) is 37.1 Å². The fourth-order valence-corrected chi connectivity index (χ4v) is 2.15. The summed E-state index contributed by atoms with van der Waals surface area (Å²) in [4.78, 5) is 8.39. The van der Waals surface area contributed by atoms with Crippen molar-refractivity contribution in [1.82, 2.24) is 15.3 Å². The van der Waals surface area contributed by atoms with Gasteiger partial charge in [-0.3, -0.25) is 9.97 Å². The molecule has 0 bridgehead atoms. The Labute approximate surface area is 112 Å². The zero-order valence-corrected chi connectivity index (χ0v) is 10.6. The summed E-state index contributed by atoms with van der Waals surface area (Å²) in [6.07, 6.45) is 5.50. The highest BCUT2D eigenvalue weighted by Gasteiger charge is 2.00. The maximum Gasteiger partial charge on any atom is 0.0705 e. The lowest BCUT2D eigenvalue weighted by molar-refractivity contribution is 0.695. The van der Waals surface area contributed by atoms with Crippen molar-refractivity contribution in [2.24, 2.45) is 0 Å². The van der Waals surface area contributed by atoms with Gasteiger partial charge in [-0.05, 0) is 35.4 Å². The summed E-state index contributed by atoms with van der Waals surface area (Å²) in [7, 11) is 0. The second kappa shape index (κ2) is 5.59. The average Bonchev–Trinajstić information content (AvgIpc) is 2.49. The monoisotopic (exact) mass is 249 g/mol. The van der Waals surface area contributed by atoms with Gasteiger partial charge in [0.2, 0.25) is 0 Å². The molecule has 3 rings (SSSR count). The molecule has 0 aliphatic carbocycles. The maximum absolute atomic E-state index is 4.37. The molecule has 0 amide bonds. The summed E-state index contributed by atoms with van der Waals surface area (Å²) in [6, 6.07) is 14.4. The van der Waals surface area contributed by atoms with E-state index in [2.05, 4.69) is 33.5 Å². The van der Waals surface area contributed by atoms with Crippen molar-refractivity contribution >= 4 is 10.9 Å². The minimum Gasteiger partial charge on any atom is -0.309 e. The molecular weight excluding hydrogens is 234 g/mol. The first kappa shape index (κ1) is 11.8. The van der Waals surface area contributed by atoms with Gasteiger partial charge in [-0.1, -0.05) is 18.2 Å². The minimum absolute atomic E-state index is 0.839. The normalized spacial score (nSPS) is 10.7. The van der Waals surface area contributed by atoms with Crippen molar-refractivity contribution in [2.45, 2.75) is 13.1 Å². The fourth-order valence-electron chi connectivity index (χ4n) is 2.15. The molecule has 94 valence electrons. The van der Waals surface area contributed by atoms with Crippen molar-refractivity contribution in [1.29, 1.82) is 0 Å². The second-order valence-corrected chi connectivity index (χ2v) is 4.45. The van der Waals surface area contributed by atoms with Gasteiger partial charge in [0.15, 0.2) is 0 Å². The summed E-state index contributed by atoms with van der Waals surface area (Å²) in [6.45, 7) is 1.69. The Balaban J connectivity index is 1.72. The minimum atomic E-state index is 0.839. The third-order valence-electron chi connectivity index (χ3n) is 3.13. The highest BCUT2D eigenvalue weighted by molar-refractivity contribution is 5.81. The van der Waals surface area contributed by atoms with Crippen LogP contribution in [0, 0.1) is 0 Å². The summed E-state index contributed by atoms with van der Waals surface area (Å²) in [5.74, 6) is 0. The molecule has 3 nitrogen and oxygen atoms in total. The Hall–Kier alpha value is -2.26.